The number of nitrogens with one attached hydrogen (secondary N) is 1. The topological polar surface area (TPSA) is 74.9 Å². The molecule has 4 aromatic rings. The predicted octanol–water partition coefficient (Wildman–Crippen LogP) is 4.14. The van der Waals surface area contributed by atoms with Gasteiger partial charge in [-0.05, 0) is 48.5 Å². The zero-order valence-corrected chi connectivity index (χ0v) is 20.4. The molecular weight excluding hydrogens is 483 g/mol. The first-order valence-corrected chi connectivity index (χ1v) is 12.2. The van der Waals surface area contributed by atoms with E-state index in [4.69, 9.17) is 12.3 Å². The predicted molar refractivity (Wildman–Crippen MR) is 143 cm³/mol. The standard InChI is InChI=1S/C29H29FN6O2/c1-18-5-8-33(9-6-18)29(38)35-11-10-34-17-22(21-13-20(30)12-19(16-35)28(21)34)26-24(37)15-32-27(26)23-14-31-25-4-2-3-7-36(23)25/h2-4,7,12-14,17-18,32H,5-6,8-11,15-16H2,1H3/i5D2,6D2,8D2,9D2,18D. The van der Waals surface area contributed by atoms with Crippen LogP contribution in [0.25, 0.3) is 27.8 Å². The first kappa shape index (κ1) is 15.3. The average molecular weight is 522 g/mol. The molecule has 0 spiro atoms. The second-order valence-electron chi connectivity index (χ2n) is 9.43. The molecule has 1 N–H and O–H groups in total. The molecule has 1 saturated heterocycles. The largest absolute Gasteiger partial charge is 0.375 e. The van der Waals surface area contributed by atoms with Crippen molar-refractivity contribution in [3.8, 4) is 0 Å². The van der Waals surface area contributed by atoms with Crippen LogP contribution in [-0.2, 0) is 17.9 Å². The van der Waals surface area contributed by atoms with E-state index in [1.807, 2.05) is 28.8 Å². The van der Waals surface area contributed by atoms with Crippen molar-refractivity contribution in [3.05, 3.63) is 71.6 Å². The Morgan fingerprint density at radius 3 is 2.89 bits per heavy atom. The third-order valence-corrected chi connectivity index (χ3v) is 7.06. The van der Waals surface area contributed by atoms with Crippen molar-refractivity contribution in [2.75, 3.05) is 26.1 Å². The van der Waals surface area contributed by atoms with Crippen LogP contribution in [0, 0.1) is 11.7 Å². The minimum atomic E-state index is -3.45. The normalized spacial score (nSPS) is 28.2. The lowest BCUT2D eigenvalue weighted by Crippen LogP contribution is -2.46. The van der Waals surface area contributed by atoms with Gasteiger partial charge in [0, 0.05) is 68.3 Å². The van der Waals surface area contributed by atoms with Crippen molar-refractivity contribution in [3.63, 3.8) is 0 Å². The van der Waals surface area contributed by atoms with Gasteiger partial charge in [0.05, 0.1) is 35.2 Å². The monoisotopic (exact) mass is 521 g/mol. The second kappa shape index (κ2) is 8.72. The van der Waals surface area contributed by atoms with E-state index in [0.29, 0.717) is 39.1 Å². The maximum atomic E-state index is 15.3. The molecule has 38 heavy (non-hydrogen) atoms. The van der Waals surface area contributed by atoms with Crippen LogP contribution in [0.5, 0.6) is 0 Å². The van der Waals surface area contributed by atoms with E-state index in [-0.39, 0.29) is 42.4 Å². The molecule has 194 valence electrons. The number of hydrogen-bond donors (Lipinski definition) is 1. The molecule has 0 aliphatic carbocycles. The summed E-state index contributed by atoms with van der Waals surface area (Å²) in [5, 5.41) is 3.54. The van der Waals surface area contributed by atoms with Crippen LogP contribution in [-0.4, -0.2) is 61.6 Å². The van der Waals surface area contributed by atoms with Crippen molar-refractivity contribution in [2.45, 2.75) is 32.8 Å². The quantitative estimate of drug-likeness (QED) is 0.430. The average Bonchev–Trinajstić information content (AvgIpc) is 3.64. The number of urea groups is 1. The van der Waals surface area contributed by atoms with E-state index in [1.165, 1.54) is 12.1 Å². The molecule has 0 bridgehead atoms. The van der Waals surface area contributed by atoms with E-state index in [2.05, 4.69) is 10.3 Å². The number of piperidine rings is 1. The molecule has 0 atom stereocenters. The number of amides is 2. The van der Waals surface area contributed by atoms with Crippen molar-refractivity contribution in [2.24, 2.45) is 5.89 Å². The fourth-order valence-corrected chi connectivity index (χ4v) is 5.34. The number of rotatable bonds is 2. The second-order valence-corrected chi connectivity index (χ2v) is 9.43. The lowest BCUT2D eigenvalue weighted by atomic mass is 9.98. The van der Waals surface area contributed by atoms with Crippen molar-refractivity contribution in [1.29, 1.82) is 0 Å². The molecule has 3 aromatic heterocycles. The number of benzene rings is 1. The Morgan fingerprint density at radius 2 is 2.05 bits per heavy atom. The van der Waals surface area contributed by atoms with E-state index in [9.17, 15) is 9.59 Å². The molecule has 8 nitrogen and oxygen atoms in total. The molecule has 3 aliphatic heterocycles. The Hall–Kier alpha value is -4.14. The van der Waals surface area contributed by atoms with Gasteiger partial charge in [-0.25, -0.2) is 14.2 Å². The summed E-state index contributed by atoms with van der Waals surface area (Å²) in [4.78, 5) is 32.7. The Bertz CT molecular complexity index is 2020. The van der Waals surface area contributed by atoms with Crippen molar-refractivity contribution < 1.29 is 26.3 Å². The molecule has 7 rings (SSSR count). The number of imidazole rings is 1. The fourth-order valence-electron chi connectivity index (χ4n) is 5.34. The number of halogens is 1. The molecule has 3 aliphatic rings. The number of carbonyl (C=O) groups excluding carboxylic acids is 2. The summed E-state index contributed by atoms with van der Waals surface area (Å²) in [5.74, 6) is -3.82. The number of fused-ring (bicyclic) bond motifs is 1. The van der Waals surface area contributed by atoms with Crippen LogP contribution in [0.15, 0.2) is 48.9 Å². The summed E-state index contributed by atoms with van der Waals surface area (Å²) in [6.07, 6.45) is -1.55. The van der Waals surface area contributed by atoms with Crippen LogP contribution in [0.4, 0.5) is 9.18 Å². The number of nitrogens with zero attached hydrogens (tertiary/aromatic N) is 5. The lowest BCUT2D eigenvalue weighted by molar-refractivity contribution is -0.112. The van der Waals surface area contributed by atoms with Gasteiger partial charge in [0.15, 0.2) is 5.78 Å². The van der Waals surface area contributed by atoms with Crippen LogP contribution in [0.2, 0.25) is 0 Å². The Labute approximate surface area is 232 Å². The van der Waals surface area contributed by atoms with Gasteiger partial charge in [0.25, 0.3) is 0 Å². The fraction of sp³-hybridized carbons (Fsp3) is 0.345. The molecule has 1 aromatic carbocycles. The summed E-state index contributed by atoms with van der Waals surface area (Å²) in [6, 6.07) is 6.61. The molecule has 1 fully saturated rings. The lowest BCUT2D eigenvalue weighted by Gasteiger charge is -2.34. The van der Waals surface area contributed by atoms with Gasteiger partial charge in [-0.3, -0.25) is 9.20 Å². The highest BCUT2D eigenvalue weighted by molar-refractivity contribution is 6.33. The number of pyridine rings is 1. The maximum absolute atomic E-state index is 15.3. The van der Waals surface area contributed by atoms with Gasteiger partial charge in [-0.2, -0.15) is 0 Å². The number of Topliss-reactive ketones (excluding diaryl/α,β-unsaturated/α-hetero) is 1. The Kier molecular flexibility index (Phi) is 3.51. The van der Waals surface area contributed by atoms with E-state index >= 15 is 4.39 Å². The highest BCUT2D eigenvalue weighted by Crippen LogP contribution is 2.38. The van der Waals surface area contributed by atoms with Crippen molar-refractivity contribution in [1.82, 2.24) is 29.1 Å². The van der Waals surface area contributed by atoms with Crippen LogP contribution < -0.4 is 5.32 Å². The molecule has 0 saturated carbocycles. The van der Waals surface area contributed by atoms with E-state index in [0.717, 1.165) is 11.8 Å². The highest BCUT2D eigenvalue weighted by Gasteiger charge is 2.32. The third-order valence-electron chi connectivity index (χ3n) is 7.06. The molecule has 9 heteroatoms. The van der Waals surface area contributed by atoms with Crippen molar-refractivity contribution >= 4 is 39.6 Å². The summed E-state index contributed by atoms with van der Waals surface area (Å²) in [5.41, 5.74) is 3.38. The minimum Gasteiger partial charge on any atom is -0.375 e. The number of hydrogen-bond acceptors (Lipinski definition) is 4. The molecule has 6 heterocycles. The third kappa shape index (κ3) is 3.60. The number of ketones is 1. The number of carbonyl (C=O) groups is 2. The molecule has 2 amide bonds. The van der Waals surface area contributed by atoms with Gasteiger partial charge < -0.3 is 19.7 Å². The first-order valence-electron chi connectivity index (χ1n) is 16.7. The van der Waals surface area contributed by atoms with Gasteiger partial charge in [0.2, 0.25) is 0 Å². The molecular formula is C29H29FN6O2. The van der Waals surface area contributed by atoms with Gasteiger partial charge in [-0.15, -0.1) is 0 Å². The van der Waals surface area contributed by atoms with Gasteiger partial charge >= 0.3 is 6.03 Å². The Balaban J connectivity index is 1.32. The van der Waals surface area contributed by atoms with Gasteiger partial charge in [-0.1, -0.05) is 13.0 Å². The maximum Gasteiger partial charge on any atom is 0.320 e. The van der Waals surface area contributed by atoms with E-state index < -0.39 is 43.5 Å². The molecule has 0 radical (unpaired) electrons. The summed E-state index contributed by atoms with van der Waals surface area (Å²) in [7, 11) is 0. The first-order chi connectivity index (χ1) is 21.8. The smallest absolute Gasteiger partial charge is 0.320 e. The van der Waals surface area contributed by atoms with Crippen LogP contribution >= 0.6 is 0 Å². The minimum absolute atomic E-state index is 0.0139. The van der Waals surface area contributed by atoms with Crippen LogP contribution in [0.1, 0.15) is 48.8 Å². The van der Waals surface area contributed by atoms with Crippen LogP contribution in [0.3, 0.4) is 0 Å². The SMILES string of the molecule is [2H]C1([2H])N(C(=O)N2CCn3cc(C4=C(c5cnc6ccccn56)NCC4=O)c4cc(F)cc(c43)C2)C([2H])([2H])C([2H])([2H])C([2H])(C)C1([2H])[2H]. The van der Waals surface area contributed by atoms with Gasteiger partial charge in [0.1, 0.15) is 11.5 Å². The zero-order chi connectivity index (χ0) is 34.1. The zero-order valence-electron chi connectivity index (χ0n) is 29.4. The Morgan fingerprint density at radius 1 is 1.21 bits per heavy atom. The molecule has 0 unspecified atom stereocenters. The highest BCUT2D eigenvalue weighted by atomic mass is 19.1. The summed E-state index contributed by atoms with van der Waals surface area (Å²) < 4.78 is 94.8. The number of likely N-dealkylation sites (tertiary alicyclic amines) is 1. The van der Waals surface area contributed by atoms with E-state index in [1.54, 1.807) is 17.0 Å². The number of aromatic nitrogens is 3. The summed E-state index contributed by atoms with van der Waals surface area (Å²) in [6.45, 7) is -6.58. The summed E-state index contributed by atoms with van der Waals surface area (Å²) >= 11 is 0.